The summed E-state index contributed by atoms with van der Waals surface area (Å²) in [7, 11) is 0. The molecule has 1 aromatic carbocycles. The third kappa shape index (κ3) is 2.37. The topological polar surface area (TPSA) is 50.4 Å². The molecule has 1 saturated heterocycles. The molecule has 0 bridgehead atoms. The van der Waals surface area contributed by atoms with E-state index in [9.17, 15) is 4.79 Å². The highest BCUT2D eigenvalue weighted by Gasteiger charge is 2.28. The number of hydrogen-bond acceptors (Lipinski definition) is 3. The molecular formula is C13H15BrN2O2. The number of amides is 1. The highest BCUT2D eigenvalue weighted by molar-refractivity contribution is 9.10. The first kappa shape index (κ1) is 12.0. The molecular weight excluding hydrogens is 296 g/mol. The Morgan fingerprint density at radius 1 is 1.44 bits per heavy atom. The number of fused-ring (bicyclic) bond motifs is 1. The summed E-state index contributed by atoms with van der Waals surface area (Å²) in [6.07, 6.45) is 1.51. The molecule has 1 amide bonds. The van der Waals surface area contributed by atoms with Gasteiger partial charge in [-0.2, -0.15) is 0 Å². The van der Waals surface area contributed by atoms with Crippen LogP contribution in [0.3, 0.4) is 0 Å². The van der Waals surface area contributed by atoms with Crippen LogP contribution < -0.4 is 15.4 Å². The van der Waals surface area contributed by atoms with Crippen LogP contribution in [0.25, 0.3) is 0 Å². The maximum atomic E-state index is 11.2. The Morgan fingerprint density at radius 3 is 3.11 bits per heavy atom. The van der Waals surface area contributed by atoms with Crippen LogP contribution in [0.4, 0.5) is 0 Å². The maximum absolute atomic E-state index is 11.2. The lowest BCUT2D eigenvalue weighted by atomic mass is 9.99. The molecule has 2 N–H and O–H groups in total. The number of carbonyl (C=O) groups excluding carboxylic acids is 1. The summed E-state index contributed by atoms with van der Waals surface area (Å²) >= 11 is 3.49. The van der Waals surface area contributed by atoms with E-state index in [1.165, 1.54) is 5.56 Å². The van der Waals surface area contributed by atoms with Gasteiger partial charge in [0.05, 0.1) is 6.61 Å². The van der Waals surface area contributed by atoms with E-state index >= 15 is 0 Å². The molecule has 0 aliphatic carbocycles. The van der Waals surface area contributed by atoms with Gasteiger partial charge in [-0.05, 0) is 18.2 Å². The number of benzene rings is 1. The molecule has 2 heterocycles. The molecule has 18 heavy (non-hydrogen) atoms. The molecule has 2 aliphatic heterocycles. The minimum absolute atomic E-state index is 0.133. The van der Waals surface area contributed by atoms with Crippen LogP contribution >= 0.6 is 15.9 Å². The maximum Gasteiger partial charge on any atom is 0.221 e. The largest absolute Gasteiger partial charge is 0.493 e. The standard InChI is InChI=1S/C13H15BrN2O2/c14-8-1-2-12-10(5-8)11(3-4-18-12)16-9-6-13(17)15-7-9/h1-2,5,9,11,16H,3-4,6-7H2,(H,15,17). The number of ether oxygens (including phenoxy) is 1. The van der Waals surface area contributed by atoms with Gasteiger partial charge in [-0.15, -0.1) is 0 Å². The third-order valence-corrected chi connectivity index (χ3v) is 3.92. The van der Waals surface area contributed by atoms with Crippen LogP contribution in [0.2, 0.25) is 0 Å². The van der Waals surface area contributed by atoms with Gasteiger partial charge in [0.2, 0.25) is 5.91 Å². The van der Waals surface area contributed by atoms with E-state index < -0.39 is 0 Å². The van der Waals surface area contributed by atoms with Crippen molar-refractivity contribution in [3.63, 3.8) is 0 Å². The Kier molecular flexibility index (Phi) is 3.26. The van der Waals surface area contributed by atoms with E-state index in [1.807, 2.05) is 12.1 Å². The van der Waals surface area contributed by atoms with E-state index in [1.54, 1.807) is 0 Å². The zero-order valence-electron chi connectivity index (χ0n) is 9.91. The smallest absolute Gasteiger partial charge is 0.221 e. The minimum Gasteiger partial charge on any atom is -0.493 e. The van der Waals surface area contributed by atoms with Crippen LogP contribution in [-0.4, -0.2) is 25.1 Å². The lowest BCUT2D eigenvalue weighted by molar-refractivity contribution is -0.119. The van der Waals surface area contributed by atoms with Gasteiger partial charge in [-0.3, -0.25) is 4.79 Å². The first-order valence-corrected chi connectivity index (χ1v) is 6.96. The van der Waals surface area contributed by atoms with Crippen LogP contribution in [0, 0.1) is 0 Å². The summed E-state index contributed by atoms with van der Waals surface area (Å²) in [5.41, 5.74) is 1.18. The predicted octanol–water partition coefficient (Wildman–Crippen LogP) is 1.75. The Hall–Kier alpha value is -1.07. The zero-order valence-corrected chi connectivity index (χ0v) is 11.5. The molecule has 2 unspecified atom stereocenters. The highest BCUT2D eigenvalue weighted by atomic mass is 79.9. The summed E-state index contributed by atoms with van der Waals surface area (Å²) in [5, 5.41) is 6.40. The molecule has 3 rings (SSSR count). The lowest BCUT2D eigenvalue weighted by Crippen LogP contribution is -2.36. The summed E-state index contributed by atoms with van der Waals surface area (Å²) in [5.74, 6) is 1.08. The summed E-state index contributed by atoms with van der Waals surface area (Å²) < 4.78 is 6.71. The van der Waals surface area contributed by atoms with Gasteiger partial charge in [-0.1, -0.05) is 15.9 Å². The molecule has 0 radical (unpaired) electrons. The second-order valence-electron chi connectivity index (χ2n) is 4.74. The Bertz CT molecular complexity index is 478. The molecule has 4 nitrogen and oxygen atoms in total. The highest BCUT2D eigenvalue weighted by Crippen LogP contribution is 2.34. The van der Waals surface area contributed by atoms with Gasteiger partial charge in [0.1, 0.15) is 5.75 Å². The van der Waals surface area contributed by atoms with Gasteiger partial charge in [0, 0.05) is 41.5 Å². The Labute approximate surface area is 114 Å². The summed E-state index contributed by atoms with van der Waals surface area (Å²) in [6, 6.07) is 6.57. The number of nitrogens with one attached hydrogen (secondary N) is 2. The van der Waals surface area contributed by atoms with Crippen LogP contribution in [0.5, 0.6) is 5.75 Å². The number of carbonyl (C=O) groups is 1. The van der Waals surface area contributed by atoms with Crippen molar-refractivity contribution in [1.82, 2.24) is 10.6 Å². The van der Waals surface area contributed by atoms with Gasteiger partial charge < -0.3 is 15.4 Å². The predicted molar refractivity (Wildman–Crippen MR) is 71.5 cm³/mol. The molecule has 96 valence electrons. The third-order valence-electron chi connectivity index (χ3n) is 3.43. The summed E-state index contributed by atoms with van der Waals surface area (Å²) in [4.78, 5) is 11.2. The molecule has 1 aromatic rings. The van der Waals surface area contributed by atoms with Crippen LogP contribution in [-0.2, 0) is 4.79 Å². The van der Waals surface area contributed by atoms with Crippen molar-refractivity contribution in [3.8, 4) is 5.75 Å². The normalized spacial score (nSPS) is 26.4. The first-order chi connectivity index (χ1) is 8.72. The number of halogens is 1. The van der Waals surface area contributed by atoms with E-state index in [0.717, 1.165) is 29.8 Å². The SMILES string of the molecule is O=C1CC(NC2CCOc3ccc(Br)cc32)CN1. The molecule has 0 spiro atoms. The number of hydrogen-bond donors (Lipinski definition) is 2. The van der Waals surface area contributed by atoms with Gasteiger partial charge in [-0.25, -0.2) is 0 Å². The number of rotatable bonds is 2. The van der Waals surface area contributed by atoms with Crippen molar-refractivity contribution >= 4 is 21.8 Å². The second-order valence-corrected chi connectivity index (χ2v) is 5.66. The minimum atomic E-state index is 0.133. The fourth-order valence-electron chi connectivity index (χ4n) is 2.55. The van der Waals surface area contributed by atoms with Crippen LogP contribution in [0.15, 0.2) is 22.7 Å². The van der Waals surface area contributed by atoms with Gasteiger partial charge >= 0.3 is 0 Å². The van der Waals surface area contributed by atoms with Gasteiger partial charge in [0.15, 0.2) is 0 Å². The summed E-state index contributed by atoms with van der Waals surface area (Å²) in [6.45, 7) is 1.44. The van der Waals surface area contributed by atoms with Crippen molar-refractivity contribution in [3.05, 3.63) is 28.2 Å². The lowest BCUT2D eigenvalue weighted by Gasteiger charge is -2.29. The average Bonchev–Trinajstić information content (AvgIpc) is 2.76. The second kappa shape index (κ2) is 4.90. The fourth-order valence-corrected chi connectivity index (χ4v) is 2.92. The monoisotopic (exact) mass is 310 g/mol. The van der Waals surface area contributed by atoms with Crippen molar-refractivity contribution in [1.29, 1.82) is 0 Å². The van der Waals surface area contributed by atoms with Crippen molar-refractivity contribution in [2.75, 3.05) is 13.2 Å². The molecule has 0 saturated carbocycles. The molecule has 1 fully saturated rings. The van der Waals surface area contributed by atoms with E-state index in [4.69, 9.17) is 4.74 Å². The van der Waals surface area contributed by atoms with Crippen molar-refractivity contribution in [2.45, 2.75) is 24.9 Å². The van der Waals surface area contributed by atoms with E-state index in [0.29, 0.717) is 6.42 Å². The molecule has 2 atom stereocenters. The molecule has 2 aliphatic rings. The van der Waals surface area contributed by atoms with Gasteiger partial charge in [0.25, 0.3) is 0 Å². The van der Waals surface area contributed by atoms with E-state index in [-0.39, 0.29) is 18.0 Å². The quantitative estimate of drug-likeness (QED) is 0.875. The fraction of sp³-hybridized carbons (Fsp3) is 0.462. The van der Waals surface area contributed by atoms with Crippen LogP contribution in [0.1, 0.15) is 24.4 Å². The zero-order chi connectivity index (χ0) is 12.5. The first-order valence-electron chi connectivity index (χ1n) is 6.17. The Balaban J connectivity index is 1.78. The van der Waals surface area contributed by atoms with Crippen molar-refractivity contribution in [2.24, 2.45) is 0 Å². The molecule has 5 heteroatoms. The average molecular weight is 311 g/mol. The van der Waals surface area contributed by atoms with Crippen molar-refractivity contribution < 1.29 is 9.53 Å². The van der Waals surface area contributed by atoms with E-state index in [2.05, 4.69) is 32.6 Å². The Morgan fingerprint density at radius 2 is 2.33 bits per heavy atom. The molecule has 0 aromatic heterocycles.